The van der Waals surface area contributed by atoms with Crippen LogP contribution in [0.5, 0.6) is 0 Å². The molecule has 2 aromatic rings. The van der Waals surface area contributed by atoms with Crippen LogP contribution in [0.3, 0.4) is 0 Å². The highest BCUT2D eigenvalue weighted by Crippen LogP contribution is 2.41. The molecule has 0 radical (unpaired) electrons. The summed E-state index contributed by atoms with van der Waals surface area (Å²) < 4.78 is 13.8. The summed E-state index contributed by atoms with van der Waals surface area (Å²) in [6.45, 7) is 0. The van der Waals surface area contributed by atoms with E-state index in [0.717, 1.165) is 11.8 Å². The zero-order valence-corrected chi connectivity index (χ0v) is 12.9. The van der Waals surface area contributed by atoms with Gasteiger partial charge in [-0.2, -0.15) is 0 Å². The Kier molecular flexibility index (Phi) is 3.93. The summed E-state index contributed by atoms with van der Waals surface area (Å²) in [4.78, 5) is 16.8. The summed E-state index contributed by atoms with van der Waals surface area (Å²) in [6, 6.07) is 4.35. The number of carbonyl (C=O) groups excluding carboxylic acids is 1. The molecule has 1 aliphatic rings. The van der Waals surface area contributed by atoms with Gasteiger partial charge in [0.2, 0.25) is 0 Å². The predicted octanol–water partition coefficient (Wildman–Crippen LogP) is 4.35. The molecule has 1 atom stereocenters. The van der Waals surface area contributed by atoms with Gasteiger partial charge >= 0.3 is 0 Å². The molecule has 21 heavy (non-hydrogen) atoms. The number of thioether (sulfide) groups is 1. The first-order chi connectivity index (χ1) is 10.1. The first-order valence-corrected chi connectivity index (χ1v) is 8.01. The number of aromatic nitrogens is 1. The summed E-state index contributed by atoms with van der Waals surface area (Å²) in [5.74, 6) is -1.40. The maximum Gasteiger partial charge on any atom is 0.186 e. The van der Waals surface area contributed by atoms with Crippen LogP contribution in [0.1, 0.15) is 16.5 Å². The molecule has 1 aromatic heterocycles. The minimum absolute atomic E-state index is 0.169. The second-order valence-electron chi connectivity index (χ2n) is 4.28. The third-order valence-corrected chi connectivity index (χ3v) is 5.13. The summed E-state index contributed by atoms with van der Waals surface area (Å²) in [7, 11) is 0. The smallest absolute Gasteiger partial charge is 0.186 e. The molecule has 1 saturated heterocycles. The van der Waals surface area contributed by atoms with Crippen molar-refractivity contribution in [2.45, 2.75) is 5.92 Å². The van der Waals surface area contributed by atoms with E-state index in [1.165, 1.54) is 29.5 Å². The Labute approximate surface area is 133 Å². The number of nitrogens with one attached hydrogen (secondary N) is 1. The highest BCUT2D eigenvalue weighted by molar-refractivity contribution is 8.19. The SMILES string of the molecule is N=C1S/C(=C\c2c(F)cccc2Cl)C(=O)[C@H]1c1nccs1. The van der Waals surface area contributed by atoms with Gasteiger partial charge in [0.05, 0.1) is 15.0 Å². The molecule has 0 bridgehead atoms. The van der Waals surface area contributed by atoms with Gasteiger partial charge in [-0.25, -0.2) is 9.37 Å². The van der Waals surface area contributed by atoms with Crippen LogP contribution < -0.4 is 0 Å². The van der Waals surface area contributed by atoms with Crippen molar-refractivity contribution in [2.24, 2.45) is 0 Å². The molecule has 1 N–H and O–H groups in total. The van der Waals surface area contributed by atoms with Gasteiger partial charge in [-0.15, -0.1) is 11.3 Å². The van der Waals surface area contributed by atoms with Crippen LogP contribution in [-0.4, -0.2) is 15.8 Å². The van der Waals surface area contributed by atoms with Crippen molar-refractivity contribution in [3.8, 4) is 0 Å². The van der Waals surface area contributed by atoms with Crippen LogP contribution in [-0.2, 0) is 4.79 Å². The minimum Gasteiger partial charge on any atom is -0.297 e. The zero-order chi connectivity index (χ0) is 15.0. The third kappa shape index (κ3) is 2.66. The van der Waals surface area contributed by atoms with Gasteiger partial charge in [0.25, 0.3) is 0 Å². The van der Waals surface area contributed by atoms with E-state index >= 15 is 0 Å². The van der Waals surface area contributed by atoms with Gasteiger partial charge in [-0.3, -0.25) is 10.2 Å². The van der Waals surface area contributed by atoms with Gasteiger partial charge in [0, 0.05) is 17.1 Å². The normalized spacial score (nSPS) is 20.5. The Balaban J connectivity index is 2.00. The molecular formula is C14H8ClFN2OS2. The van der Waals surface area contributed by atoms with Crippen molar-refractivity contribution < 1.29 is 9.18 Å². The number of hydrogen-bond acceptors (Lipinski definition) is 5. The molecule has 0 spiro atoms. The van der Waals surface area contributed by atoms with E-state index in [2.05, 4.69) is 4.98 Å². The first kappa shape index (κ1) is 14.4. The van der Waals surface area contributed by atoms with Gasteiger partial charge in [0.15, 0.2) is 5.78 Å². The monoisotopic (exact) mass is 338 g/mol. The predicted molar refractivity (Wildman–Crippen MR) is 84.6 cm³/mol. The highest BCUT2D eigenvalue weighted by Gasteiger charge is 2.38. The summed E-state index contributed by atoms with van der Waals surface area (Å²) in [6.07, 6.45) is 3.01. The van der Waals surface area contributed by atoms with E-state index in [9.17, 15) is 9.18 Å². The average molecular weight is 339 g/mol. The molecule has 1 aromatic carbocycles. The van der Waals surface area contributed by atoms with Gasteiger partial charge < -0.3 is 0 Å². The Morgan fingerprint density at radius 3 is 2.90 bits per heavy atom. The number of Topliss-reactive ketones (excluding diaryl/α,β-unsaturated/α-hetero) is 1. The molecule has 0 unspecified atom stereocenters. The van der Waals surface area contributed by atoms with Crippen molar-refractivity contribution in [3.63, 3.8) is 0 Å². The van der Waals surface area contributed by atoms with E-state index in [1.807, 2.05) is 0 Å². The molecule has 2 heterocycles. The summed E-state index contributed by atoms with van der Waals surface area (Å²) in [5.41, 5.74) is 0.169. The lowest BCUT2D eigenvalue weighted by Gasteiger charge is -2.02. The molecule has 0 aliphatic carbocycles. The number of thiazole rings is 1. The van der Waals surface area contributed by atoms with Crippen molar-refractivity contribution in [2.75, 3.05) is 0 Å². The number of halogens is 2. The van der Waals surface area contributed by atoms with E-state index in [-0.39, 0.29) is 21.4 Å². The number of benzene rings is 1. The Hall–Kier alpha value is -1.50. The second kappa shape index (κ2) is 5.71. The van der Waals surface area contributed by atoms with Crippen molar-refractivity contribution in [3.05, 3.63) is 56.1 Å². The van der Waals surface area contributed by atoms with Crippen LogP contribution in [0.4, 0.5) is 4.39 Å². The highest BCUT2D eigenvalue weighted by atomic mass is 35.5. The average Bonchev–Trinajstić information content (AvgIpc) is 3.03. The lowest BCUT2D eigenvalue weighted by atomic mass is 10.0. The fraction of sp³-hybridized carbons (Fsp3) is 0.0714. The molecule has 1 aliphatic heterocycles. The van der Waals surface area contributed by atoms with Crippen LogP contribution in [0, 0.1) is 11.2 Å². The lowest BCUT2D eigenvalue weighted by Crippen LogP contribution is -2.11. The van der Waals surface area contributed by atoms with Crippen LogP contribution in [0.25, 0.3) is 6.08 Å². The van der Waals surface area contributed by atoms with E-state index < -0.39 is 11.7 Å². The minimum atomic E-state index is -0.674. The van der Waals surface area contributed by atoms with Gasteiger partial charge in [-0.05, 0) is 18.2 Å². The fourth-order valence-corrected chi connectivity index (χ4v) is 3.98. The Morgan fingerprint density at radius 2 is 2.24 bits per heavy atom. The first-order valence-electron chi connectivity index (χ1n) is 5.93. The maximum absolute atomic E-state index is 13.8. The molecular weight excluding hydrogens is 331 g/mol. The quantitative estimate of drug-likeness (QED) is 0.828. The fourth-order valence-electron chi connectivity index (χ4n) is 1.97. The van der Waals surface area contributed by atoms with E-state index in [4.69, 9.17) is 17.0 Å². The largest absolute Gasteiger partial charge is 0.297 e. The molecule has 0 saturated carbocycles. The number of carbonyl (C=O) groups is 1. The molecule has 7 heteroatoms. The van der Waals surface area contributed by atoms with E-state index in [1.54, 1.807) is 17.6 Å². The van der Waals surface area contributed by atoms with Gasteiger partial charge in [0.1, 0.15) is 16.7 Å². The maximum atomic E-state index is 13.8. The zero-order valence-electron chi connectivity index (χ0n) is 10.5. The number of ketones is 1. The van der Waals surface area contributed by atoms with Crippen molar-refractivity contribution in [1.29, 1.82) is 5.41 Å². The van der Waals surface area contributed by atoms with Crippen LogP contribution in [0.2, 0.25) is 5.02 Å². The third-order valence-electron chi connectivity index (χ3n) is 2.96. The number of allylic oxidation sites excluding steroid dienone is 1. The number of hydrogen-bond donors (Lipinski definition) is 1. The summed E-state index contributed by atoms with van der Waals surface area (Å²) >= 11 is 8.32. The Bertz CT molecular complexity index is 738. The molecule has 106 valence electrons. The molecule has 0 amide bonds. The molecule has 3 nitrogen and oxygen atoms in total. The molecule has 1 fully saturated rings. The van der Waals surface area contributed by atoms with Crippen LogP contribution >= 0.6 is 34.7 Å². The van der Waals surface area contributed by atoms with Crippen molar-refractivity contribution in [1.82, 2.24) is 4.98 Å². The topological polar surface area (TPSA) is 53.8 Å². The lowest BCUT2D eigenvalue weighted by molar-refractivity contribution is -0.114. The number of rotatable bonds is 2. The van der Waals surface area contributed by atoms with Crippen molar-refractivity contribution >= 4 is 51.6 Å². The molecule has 3 rings (SSSR count). The summed E-state index contributed by atoms with van der Waals surface area (Å²) in [5, 5.41) is 10.7. The van der Waals surface area contributed by atoms with Gasteiger partial charge in [-0.1, -0.05) is 29.4 Å². The standard InChI is InChI=1S/C14H8ClFN2OS2/c15-8-2-1-3-9(16)7(8)6-10-12(19)11(13(17)21-10)14-18-4-5-20-14/h1-6,11,17H/b10-6-,17-13?/t11-/m1/s1. The second-order valence-corrected chi connectivity index (χ2v) is 6.69. The van der Waals surface area contributed by atoms with Crippen LogP contribution in [0.15, 0.2) is 34.7 Å². The Morgan fingerprint density at radius 1 is 1.43 bits per heavy atom. The van der Waals surface area contributed by atoms with E-state index in [0.29, 0.717) is 9.91 Å². The number of nitrogens with zero attached hydrogens (tertiary/aromatic N) is 1.